The van der Waals surface area contributed by atoms with Crippen molar-refractivity contribution < 1.29 is 33.0 Å². The maximum Gasteiger partial charge on any atom is 0.408 e. The Balaban J connectivity index is 1.64. The first kappa shape index (κ1) is 24.4. The SMILES string of the molecule is COc1ccc(F)cc1C(=O)COC(=O)[C@H](Cc1ccccc1)NC(=O)OCc1ccccc1. The topological polar surface area (TPSA) is 90.9 Å². The van der Waals surface area contributed by atoms with Gasteiger partial charge in [-0.25, -0.2) is 14.0 Å². The van der Waals surface area contributed by atoms with E-state index in [1.807, 2.05) is 24.3 Å². The Hall–Kier alpha value is -4.20. The van der Waals surface area contributed by atoms with Crippen molar-refractivity contribution >= 4 is 17.8 Å². The van der Waals surface area contributed by atoms with Gasteiger partial charge in [0.15, 0.2) is 6.61 Å². The summed E-state index contributed by atoms with van der Waals surface area (Å²) < 4.78 is 29.0. The van der Waals surface area contributed by atoms with Crippen molar-refractivity contribution in [2.45, 2.75) is 19.1 Å². The summed E-state index contributed by atoms with van der Waals surface area (Å²) in [6, 6.07) is 20.5. The second kappa shape index (κ2) is 12.2. The number of hydrogen-bond acceptors (Lipinski definition) is 6. The van der Waals surface area contributed by atoms with Crippen LogP contribution in [0.5, 0.6) is 5.75 Å². The van der Waals surface area contributed by atoms with E-state index in [0.29, 0.717) is 0 Å². The number of alkyl carbamates (subject to hydrolysis) is 1. The van der Waals surface area contributed by atoms with Gasteiger partial charge in [0, 0.05) is 6.42 Å². The molecule has 0 unspecified atom stereocenters. The van der Waals surface area contributed by atoms with Crippen LogP contribution in [-0.2, 0) is 27.3 Å². The molecule has 0 saturated carbocycles. The number of methoxy groups -OCH3 is 1. The van der Waals surface area contributed by atoms with E-state index >= 15 is 0 Å². The summed E-state index contributed by atoms with van der Waals surface area (Å²) in [6.45, 7) is -0.623. The van der Waals surface area contributed by atoms with Gasteiger partial charge in [-0.3, -0.25) is 4.79 Å². The lowest BCUT2D eigenvalue weighted by Gasteiger charge is -2.18. The zero-order chi connectivity index (χ0) is 24.3. The molecule has 0 spiro atoms. The normalized spacial score (nSPS) is 11.2. The van der Waals surface area contributed by atoms with E-state index in [4.69, 9.17) is 14.2 Å². The molecule has 8 heteroatoms. The minimum Gasteiger partial charge on any atom is -0.496 e. The molecule has 0 aliphatic rings. The summed E-state index contributed by atoms with van der Waals surface area (Å²) in [6.07, 6.45) is -0.683. The maximum absolute atomic E-state index is 13.6. The van der Waals surface area contributed by atoms with Gasteiger partial charge in [-0.05, 0) is 29.3 Å². The Morgan fingerprint density at radius 1 is 0.882 bits per heavy atom. The first-order valence-corrected chi connectivity index (χ1v) is 10.5. The molecule has 3 aromatic rings. The Morgan fingerprint density at radius 2 is 1.53 bits per heavy atom. The smallest absolute Gasteiger partial charge is 0.408 e. The summed E-state index contributed by atoms with van der Waals surface area (Å²) >= 11 is 0. The molecule has 3 aromatic carbocycles. The minimum atomic E-state index is -1.10. The van der Waals surface area contributed by atoms with Crippen LogP contribution in [0.15, 0.2) is 78.9 Å². The van der Waals surface area contributed by atoms with Gasteiger partial charge < -0.3 is 19.5 Å². The number of Topliss-reactive ketones (excluding diaryl/α,β-unsaturated/α-hetero) is 1. The van der Waals surface area contributed by atoms with Gasteiger partial charge in [0.25, 0.3) is 0 Å². The molecule has 34 heavy (non-hydrogen) atoms. The number of esters is 1. The molecule has 176 valence electrons. The van der Waals surface area contributed by atoms with Crippen LogP contribution >= 0.6 is 0 Å². The van der Waals surface area contributed by atoms with Crippen LogP contribution in [0.2, 0.25) is 0 Å². The Labute approximate surface area is 196 Å². The molecule has 0 bridgehead atoms. The molecule has 0 saturated heterocycles. The third kappa shape index (κ3) is 7.16. The molecule has 0 aliphatic carbocycles. The third-order valence-corrected chi connectivity index (χ3v) is 4.88. The average molecular weight is 465 g/mol. The molecule has 0 aromatic heterocycles. The highest BCUT2D eigenvalue weighted by molar-refractivity contribution is 6.00. The molecule has 0 fully saturated rings. The number of ether oxygens (including phenoxy) is 3. The van der Waals surface area contributed by atoms with E-state index in [1.54, 1.807) is 36.4 Å². The Kier molecular flexibility index (Phi) is 8.73. The van der Waals surface area contributed by atoms with Crippen molar-refractivity contribution in [1.29, 1.82) is 0 Å². The zero-order valence-corrected chi connectivity index (χ0v) is 18.5. The minimum absolute atomic E-state index is 0.0254. The van der Waals surface area contributed by atoms with Gasteiger partial charge in [-0.1, -0.05) is 60.7 Å². The summed E-state index contributed by atoms with van der Waals surface area (Å²) in [5.41, 5.74) is 1.51. The largest absolute Gasteiger partial charge is 0.496 e. The highest BCUT2D eigenvalue weighted by Gasteiger charge is 2.25. The van der Waals surface area contributed by atoms with Crippen molar-refractivity contribution in [3.05, 3.63) is 101 Å². The lowest BCUT2D eigenvalue weighted by atomic mass is 10.1. The summed E-state index contributed by atoms with van der Waals surface area (Å²) in [5, 5.41) is 2.50. The summed E-state index contributed by atoms with van der Waals surface area (Å²) in [4.78, 5) is 37.6. The molecule has 1 N–H and O–H groups in total. The van der Waals surface area contributed by atoms with Crippen LogP contribution in [0, 0.1) is 5.82 Å². The molecule has 0 radical (unpaired) electrons. The van der Waals surface area contributed by atoms with Crippen molar-refractivity contribution in [2.75, 3.05) is 13.7 Å². The summed E-state index contributed by atoms with van der Waals surface area (Å²) in [5.74, 6) is -1.94. The van der Waals surface area contributed by atoms with E-state index < -0.39 is 36.3 Å². The van der Waals surface area contributed by atoms with Crippen LogP contribution < -0.4 is 10.1 Å². The molecule has 3 rings (SSSR count). The van der Waals surface area contributed by atoms with E-state index in [9.17, 15) is 18.8 Å². The zero-order valence-electron chi connectivity index (χ0n) is 18.5. The van der Waals surface area contributed by atoms with E-state index in [1.165, 1.54) is 13.2 Å². The predicted octanol–water partition coefficient (Wildman–Crippen LogP) is 4.10. The summed E-state index contributed by atoms with van der Waals surface area (Å²) in [7, 11) is 1.34. The van der Waals surface area contributed by atoms with Crippen LogP contribution in [0.25, 0.3) is 0 Å². The number of amides is 1. The number of nitrogens with one attached hydrogen (secondary N) is 1. The fourth-order valence-electron chi connectivity index (χ4n) is 3.16. The lowest BCUT2D eigenvalue weighted by molar-refractivity contribution is -0.144. The van der Waals surface area contributed by atoms with Gasteiger partial charge in [0.05, 0.1) is 12.7 Å². The van der Waals surface area contributed by atoms with Crippen molar-refractivity contribution in [3.63, 3.8) is 0 Å². The van der Waals surface area contributed by atoms with E-state index in [0.717, 1.165) is 23.3 Å². The van der Waals surface area contributed by atoms with Crippen LogP contribution in [0.3, 0.4) is 0 Å². The van der Waals surface area contributed by atoms with Gasteiger partial charge >= 0.3 is 12.1 Å². The van der Waals surface area contributed by atoms with Crippen LogP contribution in [0.1, 0.15) is 21.5 Å². The van der Waals surface area contributed by atoms with Gasteiger partial charge in [0.2, 0.25) is 5.78 Å². The van der Waals surface area contributed by atoms with Crippen molar-refractivity contribution in [1.82, 2.24) is 5.32 Å². The first-order chi connectivity index (χ1) is 16.5. The quantitative estimate of drug-likeness (QED) is 0.358. The Bertz CT molecular complexity index is 1120. The molecule has 7 nitrogen and oxygen atoms in total. The highest BCUT2D eigenvalue weighted by Crippen LogP contribution is 2.20. The number of carbonyl (C=O) groups excluding carboxylic acids is 3. The van der Waals surface area contributed by atoms with Crippen LogP contribution in [-0.4, -0.2) is 37.6 Å². The van der Waals surface area contributed by atoms with Crippen LogP contribution in [0.4, 0.5) is 9.18 Å². The molecular weight excluding hydrogens is 441 g/mol. The maximum atomic E-state index is 13.6. The Morgan fingerprint density at radius 3 is 2.18 bits per heavy atom. The monoisotopic (exact) mass is 465 g/mol. The number of hydrogen-bond donors (Lipinski definition) is 1. The molecule has 0 heterocycles. The number of halogens is 1. The number of carbonyl (C=O) groups is 3. The average Bonchev–Trinajstić information content (AvgIpc) is 2.86. The first-order valence-electron chi connectivity index (χ1n) is 10.5. The number of rotatable bonds is 10. The van der Waals surface area contributed by atoms with Gasteiger partial charge in [0.1, 0.15) is 24.2 Å². The second-order valence-electron chi connectivity index (χ2n) is 7.32. The third-order valence-electron chi connectivity index (χ3n) is 4.88. The van der Waals surface area contributed by atoms with E-state index in [2.05, 4.69) is 5.32 Å². The van der Waals surface area contributed by atoms with Gasteiger partial charge in [-0.2, -0.15) is 0 Å². The number of benzene rings is 3. The highest BCUT2D eigenvalue weighted by atomic mass is 19.1. The fraction of sp³-hybridized carbons (Fsp3) is 0.192. The standard InChI is InChI=1S/C26H24FNO6/c1-32-24-13-12-20(27)15-21(24)23(29)17-33-25(30)22(14-18-8-4-2-5-9-18)28-26(31)34-16-19-10-6-3-7-11-19/h2-13,15,22H,14,16-17H2,1H3,(H,28,31)/t22-/m0/s1. The number of ketones is 1. The van der Waals surface area contributed by atoms with E-state index in [-0.39, 0.29) is 24.3 Å². The molecule has 1 amide bonds. The van der Waals surface area contributed by atoms with Gasteiger partial charge in [-0.15, -0.1) is 0 Å². The van der Waals surface area contributed by atoms with Crippen molar-refractivity contribution in [3.8, 4) is 5.75 Å². The second-order valence-corrected chi connectivity index (χ2v) is 7.32. The predicted molar refractivity (Wildman–Crippen MR) is 122 cm³/mol. The molecule has 0 aliphatic heterocycles. The molecular formula is C26H24FNO6. The fourth-order valence-corrected chi connectivity index (χ4v) is 3.16. The van der Waals surface area contributed by atoms with Crippen molar-refractivity contribution in [2.24, 2.45) is 0 Å². The molecule has 1 atom stereocenters. The lowest BCUT2D eigenvalue weighted by Crippen LogP contribution is -2.44.